The van der Waals surface area contributed by atoms with Crippen LogP contribution < -0.4 is 5.32 Å². The zero-order valence-electron chi connectivity index (χ0n) is 17.5. The SMILES string of the molecule is C#CCN=C1NC(=O)S/C1=C\C1=CC2=C[N+](CC3C=CC(C(F)(F)F)CC3C(F)(F)F)=CC2=C1. The van der Waals surface area contributed by atoms with Crippen LogP contribution in [0.25, 0.3) is 0 Å². The number of terminal acetylenes is 1. The number of carbonyl (C=O) groups excluding carboxylic acids is 1. The Morgan fingerprint density at radius 2 is 1.94 bits per heavy atom. The first-order valence-corrected chi connectivity index (χ1v) is 11.0. The molecule has 0 aromatic carbocycles. The predicted octanol–water partition coefficient (Wildman–Crippen LogP) is 5.14. The monoisotopic (exact) mass is 498 g/mol. The van der Waals surface area contributed by atoms with E-state index >= 15 is 0 Å². The van der Waals surface area contributed by atoms with E-state index in [1.807, 2.05) is 0 Å². The molecule has 2 heterocycles. The lowest BCUT2D eigenvalue weighted by molar-refractivity contribution is -0.460. The number of hydrogen-bond donors (Lipinski definition) is 1. The zero-order chi connectivity index (χ0) is 24.7. The van der Waals surface area contributed by atoms with E-state index in [1.54, 1.807) is 35.2 Å². The van der Waals surface area contributed by atoms with Crippen molar-refractivity contribution in [2.24, 2.45) is 22.7 Å². The number of alkyl halides is 6. The largest absolute Gasteiger partial charge is 0.395 e. The van der Waals surface area contributed by atoms with Crippen molar-refractivity contribution in [1.82, 2.24) is 5.32 Å². The third-order valence-electron chi connectivity index (χ3n) is 5.75. The van der Waals surface area contributed by atoms with Gasteiger partial charge in [-0.05, 0) is 42.0 Å². The Morgan fingerprint density at radius 3 is 2.59 bits per heavy atom. The first-order valence-electron chi connectivity index (χ1n) is 10.2. The van der Waals surface area contributed by atoms with Gasteiger partial charge in [-0.25, -0.2) is 4.58 Å². The fourth-order valence-electron chi connectivity index (χ4n) is 4.19. The number of aliphatic imine (C=N–C) groups is 1. The molecule has 3 unspecified atom stereocenters. The Morgan fingerprint density at radius 1 is 1.18 bits per heavy atom. The highest BCUT2D eigenvalue weighted by Gasteiger charge is 2.52. The second kappa shape index (κ2) is 8.98. The number of thioether (sulfide) groups is 1. The van der Waals surface area contributed by atoms with Crippen LogP contribution in [0.15, 0.2) is 63.2 Å². The quantitative estimate of drug-likeness (QED) is 0.253. The van der Waals surface area contributed by atoms with E-state index < -0.39 is 36.5 Å². The van der Waals surface area contributed by atoms with Gasteiger partial charge in [0.2, 0.25) is 0 Å². The average molecular weight is 498 g/mol. The van der Waals surface area contributed by atoms with Crippen molar-refractivity contribution in [2.45, 2.75) is 18.8 Å². The third kappa shape index (κ3) is 5.22. The Balaban J connectivity index is 1.49. The van der Waals surface area contributed by atoms with E-state index in [4.69, 9.17) is 6.42 Å². The summed E-state index contributed by atoms with van der Waals surface area (Å²) in [6, 6.07) is 0. The number of rotatable bonds is 4. The molecule has 34 heavy (non-hydrogen) atoms. The lowest BCUT2D eigenvalue weighted by Crippen LogP contribution is -2.40. The minimum absolute atomic E-state index is 0.0898. The van der Waals surface area contributed by atoms with E-state index in [1.165, 1.54) is 0 Å². The van der Waals surface area contributed by atoms with Crippen LogP contribution in [0.3, 0.4) is 0 Å². The maximum Gasteiger partial charge on any atom is 0.395 e. The molecule has 0 aromatic rings. The van der Waals surface area contributed by atoms with Crippen LogP contribution in [-0.2, 0) is 0 Å². The summed E-state index contributed by atoms with van der Waals surface area (Å²) in [6.45, 7) is 0.0211. The van der Waals surface area contributed by atoms with Crippen LogP contribution in [0.5, 0.6) is 0 Å². The van der Waals surface area contributed by atoms with Crippen LogP contribution >= 0.6 is 11.8 Å². The van der Waals surface area contributed by atoms with Crippen molar-refractivity contribution < 1.29 is 35.7 Å². The van der Waals surface area contributed by atoms with E-state index in [2.05, 4.69) is 16.2 Å². The van der Waals surface area contributed by atoms with Crippen molar-refractivity contribution in [3.05, 3.63) is 58.2 Å². The number of amidine groups is 1. The summed E-state index contributed by atoms with van der Waals surface area (Å²) in [5, 5.41) is 2.33. The number of nitrogens with one attached hydrogen (secondary N) is 1. The highest BCUT2D eigenvalue weighted by Crippen LogP contribution is 2.45. The average Bonchev–Trinajstić information content (AvgIpc) is 3.38. The molecule has 2 aliphatic heterocycles. The van der Waals surface area contributed by atoms with Gasteiger partial charge in [-0.3, -0.25) is 9.79 Å². The van der Waals surface area contributed by atoms with Gasteiger partial charge in [0.25, 0.3) is 5.24 Å². The molecule has 1 amide bonds. The molecule has 1 saturated heterocycles. The topological polar surface area (TPSA) is 44.5 Å². The Hall–Kier alpha value is -3.00. The highest BCUT2D eigenvalue weighted by molar-refractivity contribution is 8.18. The van der Waals surface area contributed by atoms with Crippen LogP contribution in [-0.4, -0.2) is 47.3 Å². The van der Waals surface area contributed by atoms with Crippen molar-refractivity contribution in [3.8, 4) is 12.3 Å². The Labute approximate surface area is 195 Å². The van der Waals surface area contributed by atoms with Gasteiger partial charge in [-0.15, -0.1) is 6.42 Å². The third-order valence-corrected chi connectivity index (χ3v) is 6.57. The minimum Gasteiger partial charge on any atom is -0.300 e. The van der Waals surface area contributed by atoms with E-state index in [0.717, 1.165) is 40.6 Å². The highest BCUT2D eigenvalue weighted by atomic mass is 32.2. The Kier molecular flexibility index (Phi) is 6.38. The molecule has 1 fully saturated rings. The molecule has 0 spiro atoms. The molecular formula is C23H18F6N3OS+. The maximum absolute atomic E-state index is 13.5. The number of halogens is 6. The van der Waals surface area contributed by atoms with Crippen molar-refractivity contribution in [2.75, 3.05) is 13.1 Å². The summed E-state index contributed by atoms with van der Waals surface area (Å²) in [7, 11) is 0. The molecule has 11 heteroatoms. The molecule has 4 aliphatic rings. The zero-order valence-corrected chi connectivity index (χ0v) is 18.3. The summed E-state index contributed by atoms with van der Waals surface area (Å²) in [5.41, 5.74) is 2.28. The fraction of sp³-hybridized carbons (Fsp3) is 0.348. The molecule has 2 aliphatic carbocycles. The smallest absolute Gasteiger partial charge is 0.300 e. The number of allylic oxidation sites excluding steroid dienone is 7. The molecule has 4 rings (SSSR count). The normalized spacial score (nSPS) is 29.0. The van der Waals surface area contributed by atoms with E-state index in [9.17, 15) is 31.1 Å². The number of carbonyl (C=O) groups is 1. The van der Waals surface area contributed by atoms with Crippen LogP contribution in [0.4, 0.5) is 31.1 Å². The molecule has 0 aromatic heterocycles. The first-order chi connectivity index (χ1) is 15.9. The summed E-state index contributed by atoms with van der Waals surface area (Å²) in [6.07, 6.45) is 5.32. The first kappa shape index (κ1) is 24.1. The number of amides is 1. The van der Waals surface area contributed by atoms with E-state index in [0.29, 0.717) is 10.7 Å². The maximum atomic E-state index is 13.5. The lowest BCUT2D eigenvalue weighted by Gasteiger charge is -2.32. The van der Waals surface area contributed by atoms with E-state index in [-0.39, 0.29) is 18.3 Å². The van der Waals surface area contributed by atoms with Gasteiger partial charge in [-0.1, -0.05) is 18.1 Å². The Bertz CT molecular complexity index is 1160. The van der Waals surface area contributed by atoms with Gasteiger partial charge < -0.3 is 5.32 Å². The fourth-order valence-corrected chi connectivity index (χ4v) is 4.94. The van der Waals surface area contributed by atoms with Gasteiger partial charge in [0.15, 0.2) is 19.0 Å². The summed E-state index contributed by atoms with van der Waals surface area (Å²) in [5.74, 6) is -2.53. The molecule has 0 saturated carbocycles. The lowest BCUT2D eigenvalue weighted by atomic mass is 9.78. The van der Waals surface area contributed by atoms with Gasteiger partial charge in [0.1, 0.15) is 12.4 Å². The molecule has 0 radical (unpaired) electrons. The molecule has 1 N–H and O–H groups in total. The van der Waals surface area contributed by atoms with Crippen molar-refractivity contribution >= 4 is 29.1 Å². The summed E-state index contributed by atoms with van der Waals surface area (Å²) < 4.78 is 81.0. The van der Waals surface area contributed by atoms with Crippen LogP contribution in [0, 0.1) is 30.1 Å². The summed E-state index contributed by atoms with van der Waals surface area (Å²) >= 11 is 0.974. The van der Waals surface area contributed by atoms with Crippen LogP contribution in [0.1, 0.15) is 6.42 Å². The number of hydrogen-bond acceptors (Lipinski definition) is 3. The standard InChI is InChI=1S/C23H17F6N3OS/c1-2-5-30-20-19(34-21(33)31-20)8-13-6-15-11-32(12-16(15)7-13)10-14-3-4-17(22(24,25)26)9-18(14)23(27,28)29/h1,3-4,6-8,11-12,14,17-18H,5,9-10H2/p+1/b19-8-. The molecule has 178 valence electrons. The molecular weight excluding hydrogens is 480 g/mol. The van der Waals surface area contributed by atoms with Gasteiger partial charge in [-0.2, -0.15) is 26.3 Å². The molecule has 3 atom stereocenters. The molecule has 0 bridgehead atoms. The second-order valence-electron chi connectivity index (χ2n) is 8.13. The van der Waals surface area contributed by atoms with Gasteiger partial charge >= 0.3 is 12.4 Å². The van der Waals surface area contributed by atoms with Crippen molar-refractivity contribution in [1.29, 1.82) is 0 Å². The molecule has 4 nitrogen and oxygen atoms in total. The summed E-state index contributed by atoms with van der Waals surface area (Å²) in [4.78, 5) is 16.4. The van der Waals surface area contributed by atoms with Crippen molar-refractivity contribution in [3.63, 3.8) is 0 Å². The van der Waals surface area contributed by atoms with Crippen LogP contribution in [0.2, 0.25) is 0 Å². The van der Waals surface area contributed by atoms with Gasteiger partial charge in [0.05, 0.1) is 27.9 Å². The predicted molar refractivity (Wildman–Crippen MR) is 117 cm³/mol. The second-order valence-corrected chi connectivity index (χ2v) is 9.14. The van der Waals surface area contributed by atoms with Gasteiger partial charge in [0, 0.05) is 5.92 Å². The minimum atomic E-state index is -4.73. The number of fused-ring (bicyclic) bond motifs is 1. The number of nitrogens with zero attached hydrogens (tertiary/aromatic N) is 2.